The molecule has 16 heavy (non-hydrogen) atoms. The average molecular weight is 226 g/mol. The standard InChI is InChI=1S/C13H26N2O/c1-13(2)12-15(10-11-16-13)9-8-14-6-4-3-5-7-14/h3-12H2,1-2H3. The molecule has 94 valence electrons. The molecule has 0 spiro atoms. The van der Waals surface area contributed by atoms with Gasteiger partial charge in [0.05, 0.1) is 12.2 Å². The van der Waals surface area contributed by atoms with E-state index in [1.807, 2.05) is 0 Å². The molecule has 2 aliphatic heterocycles. The van der Waals surface area contributed by atoms with Crippen molar-refractivity contribution < 1.29 is 4.74 Å². The Bertz CT molecular complexity index is 212. The van der Waals surface area contributed by atoms with Gasteiger partial charge in [-0.1, -0.05) is 6.42 Å². The van der Waals surface area contributed by atoms with E-state index in [0.717, 1.165) is 19.7 Å². The molecule has 2 fully saturated rings. The smallest absolute Gasteiger partial charge is 0.0753 e. The monoisotopic (exact) mass is 226 g/mol. The first-order chi connectivity index (χ1) is 7.66. The predicted octanol–water partition coefficient (Wildman–Crippen LogP) is 1.58. The number of hydrogen-bond donors (Lipinski definition) is 0. The van der Waals surface area contributed by atoms with Crippen LogP contribution in [0, 0.1) is 0 Å². The molecule has 0 radical (unpaired) electrons. The first kappa shape index (κ1) is 12.3. The first-order valence-corrected chi connectivity index (χ1v) is 6.74. The second-order valence-electron chi connectivity index (χ2n) is 5.79. The number of hydrogen-bond acceptors (Lipinski definition) is 3. The van der Waals surface area contributed by atoms with Gasteiger partial charge < -0.3 is 9.64 Å². The van der Waals surface area contributed by atoms with E-state index < -0.39 is 0 Å². The molecular weight excluding hydrogens is 200 g/mol. The highest BCUT2D eigenvalue weighted by Crippen LogP contribution is 2.16. The number of rotatable bonds is 3. The number of nitrogens with zero attached hydrogens (tertiary/aromatic N) is 2. The van der Waals surface area contributed by atoms with Crippen molar-refractivity contribution >= 4 is 0 Å². The van der Waals surface area contributed by atoms with Gasteiger partial charge in [0.1, 0.15) is 0 Å². The minimum absolute atomic E-state index is 0.0557. The van der Waals surface area contributed by atoms with Gasteiger partial charge in [-0.05, 0) is 39.8 Å². The Hall–Kier alpha value is -0.120. The summed E-state index contributed by atoms with van der Waals surface area (Å²) < 4.78 is 5.73. The normalized spacial score (nSPS) is 28.1. The summed E-state index contributed by atoms with van der Waals surface area (Å²) in [5.41, 5.74) is 0.0557. The Labute approximate surface area is 99.7 Å². The van der Waals surface area contributed by atoms with Gasteiger partial charge in [0.15, 0.2) is 0 Å². The lowest BCUT2D eigenvalue weighted by molar-refractivity contribution is -0.0872. The summed E-state index contributed by atoms with van der Waals surface area (Å²) in [7, 11) is 0. The third-order valence-electron chi connectivity index (χ3n) is 3.69. The SMILES string of the molecule is CC1(C)CN(CCN2CCCCC2)CCO1. The maximum Gasteiger partial charge on any atom is 0.0753 e. The fourth-order valence-corrected chi connectivity index (χ4v) is 2.77. The molecule has 3 heteroatoms. The summed E-state index contributed by atoms with van der Waals surface area (Å²) in [5.74, 6) is 0. The van der Waals surface area contributed by atoms with Crippen molar-refractivity contribution in [3.8, 4) is 0 Å². The molecule has 0 unspecified atom stereocenters. The maximum absolute atomic E-state index is 5.73. The Balaban J connectivity index is 1.68. The van der Waals surface area contributed by atoms with Crippen LogP contribution >= 0.6 is 0 Å². The van der Waals surface area contributed by atoms with Crippen LogP contribution in [0.25, 0.3) is 0 Å². The third kappa shape index (κ3) is 3.72. The van der Waals surface area contributed by atoms with Gasteiger partial charge >= 0.3 is 0 Å². The topological polar surface area (TPSA) is 15.7 Å². The molecule has 0 saturated carbocycles. The second-order valence-corrected chi connectivity index (χ2v) is 5.79. The molecule has 2 aliphatic rings. The molecule has 0 amide bonds. The lowest BCUT2D eigenvalue weighted by Crippen LogP contribution is -2.50. The zero-order valence-electron chi connectivity index (χ0n) is 10.9. The molecule has 3 nitrogen and oxygen atoms in total. The van der Waals surface area contributed by atoms with Gasteiger partial charge in [-0.25, -0.2) is 0 Å². The predicted molar refractivity (Wildman–Crippen MR) is 66.8 cm³/mol. The summed E-state index contributed by atoms with van der Waals surface area (Å²) in [5, 5.41) is 0. The van der Waals surface area contributed by atoms with Crippen molar-refractivity contribution in [3.05, 3.63) is 0 Å². The highest BCUT2D eigenvalue weighted by Gasteiger charge is 2.27. The number of piperidine rings is 1. The minimum atomic E-state index is 0.0557. The van der Waals surface area contributed by atoms with Crippen molar-refractivity contribution in [1.82, 2.24) is 9.80 Å². The third-order valence-corrected chi connectivity index (χ3v) is 3.69. The van der Waals surface area contributed by atoms with Crippen LogP contribution in [-0.2, 0) is 4.74 Å². The van der Waals surface area contributed by atoms with Crippen LogP contribution in [0.5, 0.6) is 0 Å². The summed E-state index contributed by atoms with van der Waals surface area (Å²) in [6, 6.07) is 0. The zero-order chi connectivity index (χ0) is 11.4. The second kappa shape index (κ2) is 5.48. The van der Waals surface area contributed by atoms with Crippen molar-refractivity contribution in [2.24, 2.45) is 0 Å². The molecule has 2 saturated heterocycles. The zero-order valence-corrected chi connectivity index (χ0v) is 10.9. The quantitative estimate of drug-likeness (QED) is 0.727. The van der Waals surface area contributed by atoms with Crippen LogP contribution in [0.4, 0.5) is 0 Å². The highest BCUT2D eigenvalue weighted by atomic mass is 16.5. The van der Waals surface area contributed by atoms with E-state index in [9.17, 15) is 0 Å². The Morgan fingerprint density at radius 3 is 2.31 bits per heavy atom. The molecule has 2 rings (SSSR count). The van der Waals surface area contributed by atoms with Crippen LogP contribution in [-0.4, -0.2) is 61.3 Å². The van der Waals surface area contributed by atoms with E-state index in [-0.39, 0.29) is 5.60 Å². The molecule has 0 bridgehead atoms. The van der Waals surface area contributed by atoms with Gasteiger partial charge in [-0.3, -0.25) is 4.90 Å². The Kier molecular flexibility index (Phi) is 4.22. The van der Waals surface area contributed by atoms with Crippen LogP contribution in [0.3, 0.4) is 0 Å². The van der Waals surface area contributed by atoms with Crippen molar-refractivity contribution in [3.63, 3.8) is 0 Å². The largest absolute Gasteiger partial charge is 0.373 e. The van der Waals surface area contributed by atoms with Crippen molar-refractivity contribution in [2.45, 2.75) is 38.7 Å². The minimum Gasteiger partial charge on any atom is -0.373 e. The molecule has 0 aliphatic carbocycles. The number of morpholine rings is 1. The molecule has 0 atom stereocenters. The molecule has 2 heterocycles. The van der Waals surface area contributed by atoms with Gasteiger partial charge in [-0.2, -0.15) is 0 Å². The molecule has 0 aromatic carbocycles. The number of likely N-dealkylation sites (tertiary alicyclic amines) is 1. The lowest BCUT2D eigenvalue weighted by atomic mass is 10.1. The summed E-state index contributed by atoms with van der Waals surface area (Å²) in [6.45, 7) is 12.6. The van der Waals surface area contributed by atoms with E-state index >= 15 is 0 Å². The van der Waals surface area contributed by atoms with E-state index in [0.29, 0.717) is 0 Å². The van der Waals surface area contributed by atoms with E-state index in [1.165, 1.54) is 45.4 Å². The van der Waals surface area contributed by atoms with Crippen LogP contribution in [0.15, 0.2) is 0 Å². The Morgan fingerprint density at radius 2 is 1.62 bits per heavy atom. The van der Waals surface area contributed by atoms with E-state index in [2.05, 4.69) is 23.6 Å². The summed E-state index contributed by atoms with van der Waals surface area (Å²) in [6.07, 6.45) is 4.23. The van der Waals surface area contributed by atoms with Crippen molar-refractivity contribution in [1.29, 1.82) is 0 Å². The fraction of sp³-hybridized carbons (Fsp3) is 1.00. The van der Waals surface area contributed by atoms with Crippen molar-refractivity contribution in [2.75, 3.05) is 45.9 Å². The molecular formula is C13H26N2O. The fourth-order valence-electron chi connectivity index (χ4n) is 2.77. The first-order valence-electron chi connectivity index (χ1n) is 6.74. The number of ether oxygens (including phenoxy) is 1. The van der Waals surface area contributed by atoms with Crippen LogP contribution in [0.1, 0.15) is 33.1 Å². The van der Waals surface area contributed by atoms with Gasteiger partial charge in [0, 0.05) is 26.2 Å². The molecule has 0 aromatic rings. The summed E-state index contributed by atoms with van der Waals surface area (Å²) >= 11 is 0. The lowest BCUT2D eigenvalue weighted by Gasteiger charge is -2.39. The van der Waals surface area contributed by atoms with Gasteiger partial charge in [0.25, 0.3) is 0 Å². The average Bonchev–Trinajstić information content (AvgIpc) is 2.27. The van der Waals surface area contributed by atoms with Gasteiger partial charge in [0.2, 0.25) is 0 Å². The van der Waals surface area contributed by atoms with E-state index in [1.54, 1.807) is 0 Å². The molecule has 0 aromatic heterocycles. The van der Waals surface area contributed by atoms with Gasteiger partial charge in [-0.15, -0.1) is 0 Å². The molecule has 0 N–H and O–H groups in total. The van der Waals surface area contributed by atoms with E-state index in [4.69, 9.17) is 4.74 Å². The highest BCUT2D eigenvalue weighted by molar-refractivity contribution is 4.79. The van der Waals surface area contributed by atoms with Crippen LogP contribution in [0.2, 0.25) is 0 Å². The Morgan fingerprint density at radius 1 is 0.938 bits per heavy atom. The maximum atomic E-state index is 5.73. The van der Waals surface area contributed by atoms with Crippen LogP contribution < -0.4 is 0 Å². The summed E-state index contributed by atoms with van der Waals surface area (Å²) in [4.78, 5) is 5.17.